The Morgan fingerprint density at radius 2 is 2.47 bits per heavy atom. The number of carboxylic acid groups (broad SMARTS) is 1. The number of rotatable bonds is 4. The summed E-state index contributed by atoms with van der Waals surface area (Å²) >= 11 is 0. The van der Waals surface area contributed by atoms with Gasteiger partial charge in [-0.25, -0.2) is 14.3 Å². The average molecular weight is 240 g/mol. The molecule has 1 unspecified atom stereocenters. The lowest BCUT2D eigenvalue weighted by Gasteiger charge is -2.09. The van der Waals surface area contributed by atoms with E-state index in [9.17, 15) is 9.59 Å². The van der Waals surface area contributed by atoms with Crippen molar-refractivity contribution in [1.29, 1.82) is 0 Å². The summed E-state index contributed by atoms with van der Waals surface area (Å²) in [6.07, 6.45) is -0.300. The normalized spacial score (nSPS) is 18.9. The Morgan fingerprint density at radius 1 is 1.71 bits per heavy atom. The van der Waals surface area contributed by atoms with Crippen LogP contribution in [0, 0.1) is 0 Å². The van der Waals surface area contributed by atoms with Gasteiger partial charge in [0, 0.05) is 0 Å². The van der Waals surface area contributed by atoms with Crippen LogP contribution in [0.3, 0.4) is 0 Å². The summed E-state index contributed by atoms with van der Waals surface area (Å²) in [4.78, 5) is 21.7. The van der Waals surface area contributed by atoms with Crippen molar-refractivity contribution in [2.24, 2.45) is 0 Å². The standard InChI is InChI=1S/C9H12N4O4/c1-2-6-7(8(14)15)11-12-13(6)4-5-3-10-9(16)17-5/h5H,2-4H2,1H3,(H,10,16)(H,14,15). The van der Waals surface area contributed by atoms with E-state index >= 15 is 0 Å². The fraction of sp³-hybridized carbons (Fsp3) is 0.556. The van der Waals surface area contributed by atoms with Crippen LogP contribution in [0.4, 0.5) is 4.79 Å². The van der Waals surface area contributed by atoms with Gasteiger partial charge >= 0.3 is 12.1 Å². The largest absolute Gasteiger partial charge is 0.476 e. The number of ether oxygens (including phenoxy) is 1. The van der Waals surface area contributed by atoms with E-state index in [0.29, 0.717) is 25.2 Å². The molecule has 2 rings (SSSR count). The van der Waals surface area contributed by atoms with Gasteiger partial charge in [-0.1, -0.05) is 12.1 Å². The molecule has 92 valence electrons. The predicted octanol–water partition coefficient (Wildman–Crippen LogP) is -0.353. The number of hydrogen-bond acceptors (Lipinski definition) is 5. The maximum absolute atomic E-state index is 10.9. The highest BCUT2D eigenvalue weighted by molar-refractivity contribution is 5.86. The molecular formula is C9H12N4O4. The van der Waals surface area contributed by atoms with Crippen molar-refractivity contribution < 1.29 is 19.4 Å². The third-order valence-electron chi connectivity index (χ3n) is 2.50. The number of hydrogen-bond donors (Lipinski definition) is 2. The summed E-state index contributed by atoms with van der Waals surface area (Å²) in [6.45, 7) is 2.52. The van der Waals surface area contributed by atoms with E-state index in [4.69, 9.17) is 9.84 Å². The lowest BCUT2D eigenvalue weighted by molar-refractivity contribution is 0.0688. The molecule has 0 saturated carbocycles. The van der Waals surface area contributed by atoms with Gasteiger partial charge in [0.25, 0.3) is 0 Å². The topological polar surface area (TPSA) is 106 Å². The predicted molar refractivity (Wildman–Crippen MR) is 54.6 cm³/mol. The number of amides is 1. The number of aromatic nitrogens is 3. The Morgan fingerprint density at radius 3 is 3.00 bits per heavy atom. The van der Waals surface area contributed by atoms with Crippen LogP contribution in [0.5, 0.6) is 0 Å². The molecule has 2 heterocycles. The Labute approximate surface area is 96.6 Å². The molecule has 1 amide bonds. The van der Waals surface area contributed by atoms with Crippen molar-refractivity contribution in [3.8, 4) is 0 Å². The highest BCUT2D eigenvalue weighted by Crippen LogP contribution is 2.10. The molecule has 1 aromatic rings. The fourth-order valence-corrected chi connectivity index (χ4v) is 1.72. The first-order valence-corrected chi connectivity index (χ1v) is 5.22. The molecule has 8 nitrogen and oxygen atoms in total. The van der Waals surface area contributed by atoms with E-state index in [2.05, 4.69) is 15.6 Å². The van der Waals surface area contributed by atoms with Gasteiger partial charge in [-0.2, -0.15) is 0 Å². The summed E-state index contributed by atoms with van der Waals surface area (Å²) in [5.74, 6) is -1.10. The Balaban J connectivity index is 2.15. The minimum atomic E-state index is -1.10. The number of carbonyl (C=O) groups is 2. The van der Waals surface area contributed by atoms with Crippen molar-refractivity contribution in [3.63, 3.8) is 0 Å². The fourth-order valence-electron chi connectivity index (χ4n) is 1.72. The quantitative estimate of drug-likeness (QED) is 0.744. The number of carbonyl (C=O) groups excluding carboxylic acids is 1. The Hall–Kier alpha value is -2.12. The SMILES string of the molecule is CCc1c(C(=O)O)nnn1CC1CNC(=O)O1. The highest BCUT2D eigenvalue weighted by atomic mass is 16.6. The summed E-state index contributed by atoms with van der Waals surface area (Å²) in [7, 11) is 0. The Bertz CT molecular complexity index is 456. The van der Waals surface area contributed by atoms with Gasteiger partial charge in [0.2, 0.25) is 0 Å². The molecule has 0 spiro atoms. The molecular weight excluding hydrogens is 228 g/mol. The number of nitrogens with zero attached hydrogens (tertiary/aromatic N) is 3. The van der Waals surface area contributed by atoms with E-state index in [0.717, 1.165) is 0 Å². The minimum Gasteiger partial charge on any atom is -0.476 e. The van der Waals surface area contributed by atoms with Crippen LogP contribution in [0.2, 0.25) is 0 Å². The zero-order chi connectivity index (χ0) is 12.4. The molecule has 0 radical (unpaired) electrons. The second-order valence-electron chi connectivity index (χ2n) is 3.63. The first kappa shape index (κ1) is 11.4. The monoisotopic (exact) mass is 240 g/mol. The third-order valence-corrected chi connectivity index (χ3v) is 2.50. The first-order valence-electron chi connectivity index (χ1n) is 5.22. The third kappa shape index (κ3) is 2.19. The van der Waals surface area contributed by atoms with Crippen LogP contribution in [0.15, 0.2) is 0 Å². The maximum Gasteiger partial charge on any atom is 0.407 e. The van der Waals surface area contributed by atoms with Gasteiger partial charge in [-0.15, -0.1) is 5.10 Å². The van der Waals surface area contributed by atoms with Crippen LogP contribution >= 0.6 is 0 Å². The van der Waals surface area contributed by atoms with Crippen LogP contribution in [0.1, 0.15) is 23.1 Å². The summed E-state index contributed by atoms with van der Waals surface area (Å²) in [6, 6.07) is 0. The first-order chi connectivity index (χ1) is 8.11. The van der Waals surface area contributed by atoms with Crippen molar-refractivity contribution in [3.05, 3.63) is 11.4 Å². The van der Waals surface area contributed by atoms with Gasteiger partial charge in [-0.3, -0.25) is 0 Å². The van der Waals surface area contributed by atoms with Crippen molar-refractivity contribution in [2.45, 2.75) is 26.0 Å². The summed E-state index contributed by atoms with van der Waals surface area (Å²) < 4.78 is 6.42. The van der Waals surface area contributed by atoms with E-state index in [1.54, 1.807) is 0 Å². The molecule has 1 atom stereocenters. The number of aromatic carboxylic acids is 1. The second-order valence-corrected chi connectivity index (χ2v) is 3.63. The summed E-state index contributed by atoms with van der Waals surface area (Å²) in [5.41, 5.74) is 0.477. The van der Waals surface area contributed by atoms with Gasteiger partial charge in [-0.05, 0) is 6.42 Å². The average Bonchev–Trinajstić information content (AvgIpc) is 2.85. The molecule has 17 heavy (non-hydrogen) atoms. The van der Waals surface area contributed by atoms with Crippen molar-refractivity contribution in [2.75, 3.05) is 6.54 Å². The van der Waals surface area contributed by atoms with Crippen LogP contribution in [-0.4, -0.2) is 44.8 Å². The van der Waals surface area contributed by atoms with Gasteiger partial charge < -0.3 is 15.2 Å². The molecule has 0 aromatic carbocycles. The molecule has 0 aliphatic carbocycles. The number of nitrogens with one attached hydrogen (secondary N) is 1. The smallest absolute Gasteiger partial charge is 0.407 e. The zero-order valence-corrected chi connectivity index (χ0v) is 9.21. The molecule has 1 aliphatic rings. The molecule has 1 fully saturated rings. The van der Waals surface area contributed by atoms with E-state index in [-0.39, 0.29) is 11.8 Å². The lowest BCUT2D eigenvalue weighted by atomic mass is 10.2. The molecule has 1 saturated heterocycles. The Kier molecular flexibility index (Phi) is 2.94. The zero-order valence-electron chi connectivity index (χ0n) is 9.21. The van der Waals surface area contributed by atoms with Crippen LogP contribution < -0.4 is 5.32 Å². The van der Waals surface area contributed by atoms with Gasteiger partial charge in [0.15, 0.2) is 5.69 Å². The molecule has 0 bridgehead atoms. The number of alkyl carbamates (subject to hydrolysis) is 1. The van der Waals surface area contributed by atoms with Crippen molar-refractivity contribution in [1.82, 2.24) is 20.3 Å². The van der Waals surface area contributed by atoms with Gasteiger partial charge in [0.1, 0.15) is 6.10 Å². The minimum absolute atomic E-state index is 0.0511. The number of carboxylic acids is 1. The maximum atomic E-state index is 10.9. The second kappa shape index (κ2) is 4.40. The molecule has 1 aromatic heterocycles. The summed E-state index contributed by atoms with van der Waals surface area (Å²) in [5, 5.41) is 18.8. The lowest BCUT2D eigenvalue weighted by Crippen LogP contribution is -2.22. The molecule has 8 heteroatoms. The van der Waals surface area contributed by atoms with E-state index in [1.165, 1.54) is 4.68 Å². The molecule has 2 N–H and O–H groups in total. The molecule has 1 aliphatic heterocycles. The van der Waals surface area contributed by atoms with E-state index < -0.39 is 12.1 Å². The number of cyclic esters (lactones) is 1. The van der Waals surface area contributed by atoms with Crippen molar-refractivity contribution >= 4 is 12.1 Å². The van der Waals surface area contributed by atoms with E-state index in [1.807, 2.05) is 6.92 Å². The van der Waals surface area contributed by atoms with Crippen LogP contribution in [0.25, 0.3) is 0 Å². The highest BCUT2D eigenvalue weighted by Gasteiger charge is 2.25. The van der Waals surface area contributed by atoms with Crippen LogP contribution in [-0.2, 0) is 17.7 Å². The van der Waals surface area contributed by atoms with Gasteiger partial charge in [0.05, 0.1) is 18.8 Å².